The van der Waals surface area contributed by atoms with Crippen LogP contribution in [0.5, 0.6) is 0 Å². The van der Waals surface area contributed by atoms with Gasteiger partial charge in [-0.3, -0.25) is 4.84 Å². The minimum Gasteiger partial charge on any atom is -0.345 e. The average Bonchev–Trinajstić information content (AvgIpc) is 2.76. The number of ether oxygens (including phenoxy) is 2. The third-order valence-electron chi connectivity index (χ3n) is 7.19. The van der Waals surface area contributed by atoms with E-state index in [9.17, 15) is 0 Å². The molecule has 3 unspecified atom stereocenters. The molecule has 0 saturated carbocycles. The van der Waals surface area contributed by atoms with E-state index in [1.54, 1.807) is 12.2 Å². The smallest absolute Gasteiger partial charge is 0.177 e. The third kappa shape index (κ3) is 4.43. The predicted octanol–water partition coefficient (Wildman–Crippen LogP) is 6.46. The topological polar surface area (TPSA) is 30.9 Å². The van der Waals surface area contributed by atoms with E-state index in [0.717, 1.165) is 19.3 Å². The van der Waals surface area contributed by atoms with Gasteiger partial charge in [-0.1, -0.05) is 70.2 Å². The average molecular weight is 416 g/mol. The van der Waals surface area contributed by atoms with E-state index in [-0.39, 0.29) is 23.1 Å². The van der Waals surface area contributed by atoms with Crippen LogP contribution in [0.15, 0.2) is 55.6 Å². The van der Waals surface area contributed by atoms with Crippen molar-refractivity contribution in [3.8, 4) is 0 Å². The van der Waals surface area contributed by atoms with Crippen LogP contribution in [-0.2, 0) is 14.3 Å². The largest absolute Gasteiger partial charge is 0.345 e. The quantitative estimate of drug-likeness (QED) is 0.306. The van der Waals surface area contributed by atoms with E-state index in [1.165, 1.54) is 5.56 Å². The number of hydroxylamine groups is 2. The minimum atomic E-state index is -0.753. The van der Waals surface area contributed by atoms with Gasteiger partial charge in [-0.2, -0.15) is 5.06 Å². The molecule has 0 N–H and O–H groups in total. The summed E-state index contributed by atoms with van der Waals surface area (Å²) in [4.78, 5) is 6.71. The van der Waals surface area contributed by atoms with E-state index in [1.807, 2.05) is 6.07 Å². The molecule has 1 heterocycles. The van der Waals surface area contributed by atoms with Gasteiger partial charge in [-0.25, -0.2) is 0 Å². The molecule has 0 radical (unpaired) electrons. The Hall–Kier alpha value is -1.46. The second-order valence-corrected chi connectivity index (χ2v) is 8.95. The number of benzene rings is 1. The summed E-state index contributed by atoms with van der Waals surface area (Å²) in [6.07, 6.45) is 6.09. The molecule has 168 valence electrons. The molecule has 0 aromatic heterocycles. The van der Waals surface area contributed by atoms with Crippen LogP contribution in [0.4, 0.5) is 0 Å². The Balaban J connectivity index is 2.48. The van der Waals surface area contributed by atoms with Gasteiger partial charge < -0.3 is 9.47 Å². The molecule has 0 amide bonds. The summed E-state index contributed by atoms with van der Waals surface area (Å²) < 4.78 is 12.9. The van der Waals surface area contributed by atoms with Crippen LogP contribution in [-0.4, -0.2) is 35.6 Å². The van der Waals surface area contributed by atoms with Crippen LogP contribution < -0.4 is 0 Å². The first kappa shape index (κ1) is 24.8. The summed E-state index contributed by atoms with van der Waals surface area (Å²) in [5.41, 5.74) is 0.506. The lowest BCUT2D eigenvalue weighted by Crippen LogP contribution is -2.73. The maximum Gasteiger partial charge on any atom is 0.177 e. The van der Waals surface area contributed by atoms with E-state index in [0.29, 0.717) is 13.2 Å². The van der Waals surface area contributed by atoms with Crippen molar-refractivity contribution in [3.63, 3.8) is 0 Å². The first-order valence-corrected chi connectivity index (χ1v) is 11.2. The summed E-state index contributed by atoms with van der Waals surface area (Å²) in [5.74, 6) is -0.753. The van der Waals surface area contributed by atoms with Crippen LogP contribution in [0.25, 0.3) is 0 Å². The Morgan fingerprint density at radius 1 is 1.07 bits per heavy atom. The first-order valence-electron chi connectivity index (χ1n) is 11.2. The van der Waals surface area contributed by atoms with E-state index in [2.05, 4.69) is 84.0 Å². The number of hydrogen-bond acceptors (Lipinski definition) is 4. The molecule has 1 aromatic rings. The molecular formula is C26H41NO3. The molecule has 1 saturated heterocycles. The summed E-state index contributed by atoms with van der Waals surface area (Å²) in [7, 11) is 0. The predicted molar refractivity (Wildman–Crippen MR) is 124 cm³/mol. The summed E-state index contributed by atoms with van der Waals surface area (Å²) in [6.45, 7) is 21.9. The molecule has 3 atom stereocenters. The fourth-order valence-electron chi connectivity index (χ4n) is 4.71. The maximum absolute atomic E-state index is 6.71. The van der Waals surface area contributed by atoms with Gasteiger partial charge in [0, 0.05) is 17.9 Å². The third-order valence-corrected chi connectivity index (χ3v) is 7.19. The molecule has 0 aliphatic carbocycles. The zero-order valence-electron chi connectivity index (χ0n) is 19.8. The zero-order valence-corrected chi connectivity index (χ0v) is 19.8. The van der Waals surface area contributed by atoms with Gasteiger partial charge >= 0.3 is 0 Å². The van der Waals surface area contributed by atoms with E-state index < -0.39 is 5.79 Å². The molecule has 1 aromatic carbocycles. The lowest BCUT2D eigenvalue weighted by molar-refractivity contribution is -0.400. The second-order valence-electron chi connectivity index (χ2n) is 8.95. The van der Waals surface area contributed by atoms with Crippen LogP contribution in [0, 0.1) is 5.41 Å². The van der Waals surface area contributed by atoms with Crippen molar-refractivity contribution in [3.05, 3.63) is 61.2 Å². The Morgan fingerprint density at radius 3 is 2.10 bits per heavy atom. The fourth-order valence-corrected chi connectivity index (χ4v) is 4.71. The normalized spacial score (nSPS) is 26.8. The Morgan fingerprint density at radius 2 is 1.63 bits per heavy atom. The Bertz CT molecular complexity index is 675. The van der Waals surface area contributed by atoms with E-state index >= 15 is 0 Å². The zero-order chi connectivity index (χ0) is 22.4. The van der Waals surface area contributed by atoms with Crippen molar-refractivity contribution in [1.29, 1.82) is 0 Å². The van der Waals surface area contributed by atoms with Crippen molar-refractivity contribution < 1.29 is 14.3 Å². The van der Waals surface area contributed by atoms with Crippen LogP contribution in [0.3, 0.4) is 0 Å². The monoisotopic (exact) mass is 415 g/mol. The van der Waals surface area contributed by atoms with Crippen molar-refractivity contribution >= 4 is 0 Å². The lowest BCUT2D eigenvalue weighted by atomic mass is 9.60. The molecule has 0 spiro atoms. The van der Waals surface area contributed by atoms with Gasteiger partial charge in [-0.15, -0.1) is 13.2 Å². The molecule has 1 aliphatic heterocycles. The van der Waals surface area contributed by atoms with E-state index in [4.69, 9.17) is 14.3 Å². The Kier molecular flexibility index (Phi) is 8.46. The van der Waals surface area contributed by atoms with Gasteiger partial charge in [0.2, 0.25) is 0 Å². The SMILES string of the molecule is C=CCOC1(OCC=C)CC(CC)N(OC(C)c2ccccc2)C(C)(CC)C1(C)C. The number of hydrogen-bond donors (Lipinski definition) is 0. The van der Waals surface area contributed by atoms with Crippen LogP contribution >= 0.6 is 0 Å². The van der Waals surface area contributed by atoms with Crippen molar-refractivity contribution in [2.24, 2.45) is 5.41 Å². The first-order chi connectivity index (χ1) is 14.2. The molecule has 4 heteroatoms. The highest BCUT2D eigenvalue weighted by atomic mass is 16.7. The van der Waals surface area contributed by atoms with Gasteiger partial charge in [0.1, 0.15) is 6.10 Å². The van der Waals surface area contributed by atoms with Gasteiger partial charge in [-0.05, 0) is 32.3 Å². The van der Waals surface area contributed by atoms with Crippen molar-refractivity contribution in [2.45, 2.75) is 84.3 Å². The minimum absolute atomic E-state index is 0.0439. The number of piperidine rings is 1. The van der Waals surface area contributed by atoms with Gasteiger partial charge in [0.25, 0.3) is 0 Å². The molecule has 2 rings (SSSR count). The molecule has 4 nitrogen and oxygen atoms in total. The van der Waals surface area contributed by atoms with Crippen LogP contribution in [0.2, 0.25) is 0 Å². The lowest BCUT2D eigenvalue weighted by Gasteiger charge is -2.64. The Labute approximate surface area is 183 Å². The van der Waals surface area contributed by atoms with Gasteiger partial charge in [0.15, 0.2) is 5.79 Å². The standard InChI is InChI=1S/C26H41NO3/c1-9-18-28-26(29-19-10-2)20-23(11-3)27(25(8,12-4)24(26,6)7)30-21(5)22-16-14-13-15-17-22/h9-10,13-17,21,23H,1-2,11-12,18-20H2,3-8H3. The van der Waals surface area contributed by atoms with Crippen molar-refractivity contribution in [2.75, 3.05) is 13.2 Å². The summed E-state index contributed by atoms with van der Waals surface area (Å²) >= 11 is 0. The number of rotatable bonds is 11. The van der Waals surface area contributed by atoms with Crippen molar-refractivity contribution in [1.82, 2.24) is 5.06 Å². The molecule has 1 fully saturated rings. The molecular weight excluding hydrogens is 374 g/mol. The highest BCUT2D eigenvalue weighted by Gasteiger charge is 2.65. The fraction of sp³-hybridized carbons (Fsp3) is 0.615. The van der Waals surface area contributed by atoms with Gasteiger partial charge in [0.05, 0.1) is 18.8 Å². The molecule has 0 bridgehead atoms. The number of nitrogens with zero attached hydrogens (tertiary/aromatic N) is 1. The summed E-state index contributed by atoms with van der Waals surface area (Å²) in [5, 5.41) is 2.25. The van der Waals surface area contributed by atoms with Crippen LogP contribution in [0.1, 0.15) is 72.5 Å². The highest BCUT2D eigenvalue weighted by molar-refractivity contribution is 5.17. The second kappa shape index (κ2) is 10.2. The highest BCUT2D eigenvalue weighted by Crippen LogP contribution is 2.56. The molecule has 1 aliphatic rings. The summed E-state index contributed by atoms with van der Waals surface area (Å²) in [6, 6.07) is 10.5. The maximum atomic E-state index is 6.71. The molecule has 30 heavy (non-hydrogen) atoms.